The molecule has 0 radical (unpaired) electrons. The molecule has 2 atom stereocenters. The summed E-state index contributed by atoms with van der Waals surface area (Å²) < 4.78 is 13.7. The van der Waals surface area contributed by atoms with Gasteiger partial charge >= 0.3 is 0 Å². The highest BCUT2D eigenvalue weighted by Gasteiger charge is 2.20. The second kappa shape index (κ2) is 7.34. The lowest BCUT2D eigenvalue weighted by molar-refractivity contribution is -0.117. The molecule has 0 saturated heterocycles. The van der Waals surface area contributed by atoms with Crippen LogP contribution in [0.5, 0.6) is 0 Å². The zero-order valence-electron chi connectivity index (χ0n) is 12.8. The van der Waals surface area contributed by atoms with Gasteiger partial charge in [0.25, 0.3) is 5.91 Å². The molecule has 0 saturated carbocycles. The second-order valence-electron chi connectivity index (χ2n) is 5.15. The van der Waals surface area contributed by atoms with Crippen LogP contribution in [0.15, 0.2) is 35.7 Å². The van der Waals surface area contributed by atoms with Crippen LogP contribution in [0, 0.1) is 5.82 Å². The number of benzene rings is 1. The number of carbonyl (C=O) groups is 2. The van der Waals surface area contributed by atoms with Gasteiger partial charge in [-0.2, -0.15) is 0 Å². The first-order chi connectivity index (χ1) is 10.9. The Labute approximate surface area is 137 Å². The Balaban J connectivity index is 2.01. The molecule has 1 aromatic carbocycles. The number of primary amides is 1. The van der Waals surface area contributed by atoms with E-state index >= 15 is 0 Å². The van der Waals surface area contributed by atoms with Crippen molar-refractivity contribution < 1.29 is 14.0 Å². The normalized spacial score (nSPS) is 13.3. The number of hydrogen-bond acceptors (Lipinski definition) is 4. The van der Waals surface area contributed by atoms with E-state index in [1.54, 1.807) is 43.5 Å². The van der Waals surface area contributed by atoms with E-state index in [1.807, 2.05) is 0 Å². The highest BCUT2D eigenvalue weighted by molar-refractivity contribution is 7.14. The van der Waals surface area contributed by atoms with Gasteiger partial charge in [-0.3, -0.25) is 14.9 Å². The zero-order valence-corrected chi connectivity index (χ0v) is 13.6. The summed E-state index contributed by atoms with van der Waals surface area (Å²) in [7, 11) is 0. The molecule has 2 rings (SSSR count). The molecule has 0 aliphatic rings. The molecule has 122 valence electrons. The van der Waals surface area contributed by atoms with Crippen molar-refractivity contribution >= 4 is 28.2 Å². The lowest BCUT2D eigenvalue weighted by Crippen LogP contribution is -2.39. The van der Waals surface area contributed by atoms with Gasteiger partial charge in [0.15, 0.2) is 0 Å². The lowest BCUT2D eigenvalue weighted by Gasteiger charge is -2.20. The van der Waals surface area contributed by atoms with Crippen LogP contribution in [0.2, 0.25) is 0 Å². The molecule has 4 N–H and O–H groups in total. The molecular weight excluding hydrogens is 317 g/mol. The maximum absolute atomic E-state index is 13.7. The third-order valence-electron chi connectivity index (χ3n) is 3.43. The average Bonchev–Trinajstić information content (AvgIpc) is 2.95. The third-order valence-corrected chi connectivity index (χ3v) is 4.26. The number of rotatable bonds is 6. The molecule has 23 heavy (non-hydrogen) atoms. The van der Waals surface area contributed by atoms with E-state index in [9.17, 15) is 14.0 Å². The first-order valence-electron chi connectivity index (χ1n) is 7.08. The molecular formula is C16H18FN3O2S. The van der Waals surface area contributed by atoms with Gasteiger partial charge in [0.2, 0.25) is 5.91 Å². The fourth-order valence-corrected chi connectivity index (χ4v) is 2.98. The Hall–Kier alpha value is -2.25. The molecule has 7 heteroatoms. The number of anilines is 1. The Kier molecular flexibility index (Phi) is 5.46. The molecule has 0 fully saturated rings. The first-order valence-corrected chi connectivity index (χ1v) is 7.96. The number of halogens is 1. The van der Waals surface area contributed by atoms with Crippen LogP contribution >= 0.6 is 11.3 Å². The molecule has 0 aliphatic carbocycles. The summed E-state index contributed by atoms with van der Waals surface area (Å²) in [5, 5.41) is 7.79. The van der Waals surface area contributed by atoms with Gasteiger partial charge < -0.3 is 11.1 Å². The molecule has 0 aliphatic heterocycles. The standard InChI is InChI=1S/C16H18FN3O2S/c1-9(11-5-3-4-6-13(11)17)19-10(2)15(22)20-16-12(14(18)21)7-8-23-16/h3-10,19H,1-2H3,(H2,18,21)(H,20,22). The number of nitrogens with two attached hydrogens (primary N) is 1. The molecule has 2 aromatic rings. The molecule has 0 bridgehead atoms. The fraction of sp³-hybridized carbons (Fsp3) is 0.250. The van der Waals surface area contributed by atoms with Crippen molar-refractivity contribution in [1.29, 1.82) is 0 Å². The van der Waals surface area contributed by atoms with E-state index in [-0.39, 0.29) is 23.3 Å². The van der Waals surface area contributed by atoms with E-state index < -0.39 is 11.9 Å². The summed E-state index contributed by atoms with van der Waals surface area (Å²) in [6.07, 6.45) is 0. The summed E-state index contributed by atoms with van der Waals surface area (Å²) in [4.78, 5) is 23.5. The molecule has 1 heterocycles. The summed E-state index contributed by atoms with van der Waals surface area (Å²) in [5.41, 5.74) is 6.01. The van der Waals surface area contributed by atoms with E-state index in [1.165, 1.54) is 17.4 Å². The molecule has 1 aromatic heterocycles. The van der Waals surface area contributed by atoms with E-state index in [4.69, 9.17) is 5.73 Å². The topological polar surface area (TPSA) is 84.2 Å². The fourth-order valence-electron chi connectivity index (χ4n) is 2.19. The number of thiophene rings is 1. The average molecular weight is 335 g/mol. The van der Waals surface area contributed by atoms with Crippen molar-refractivity contribution in [2.24, 2.45) is 5.73 Å². The van der Waals surface area contributed by atoms with E-state index in [0.717, 1.165) is 0 Å². The third kappa shape index (κ3) is 4.14. The lowest BCUT2D eigenvalue weighted by atomic mass is 10.1. The van der Waals surface area contributed by atoms with Crippen molar-refractivity contribution in [2.75, 3.05) is 5.32 Å². The van der Waals surface area contributed by atoms with Crippen LogP contribution in [0.1, 0.15) is 35.8 Å². The van der Waals surface area contributed by atoms with Crippen LogP contribution in [-0.2, 0) is 4.79 Å². The van der Waals surface area contributed by atoms with Gasteiger partial charge in [-0.15, -0.1) is 11.3 Å². The summed E-state index contributed by atoms with van der Waals surface area (Å²) in [5.74, 6) is -1.24. The Morgan fingerprint density at radius 2 is 1.91 bits per heavy atom. The molecule has 5 nitrogen and oxygen atoms in total. The van der Waals surface area contributed by atoms with Crippen LogP contribution in [0.4, 0.5) is 9.39 Å². The van der Waals surface area contributed by atoms with Crippen molar-refractivity contribution in [3.63, 3.8) is 0 Å². The number of carbonyl (C=O) groups excluding carboxylic acids is 2. The van der Waals surface area contributed by atoms with Crippen LogP contribution in [0.3, 0.4) is 0 Å². The number of nitrogens with one attached hydrogen (secondary N) is 2. The van der Waals surface area contributed by atoms with E-state index in [2.05, 4.69) is 10.6 Å². The Morgan fingerprint density at radius 1 is 1.22 bits per heavy atom. The molecule has 2 unspecified atom stereocenters. The van der Waals surface area contributed by atoms with Gasteiger partial charge in [0, 0.05) is 11.6 Å². The van der Waals surface area contributed by atoms with Gasteiger partial charge in [0.1, 0.15) is 10.8 Å². The number of amides is 2. The zero-order chi connectivity index (χ0) is 17.0. The van der Waals surface area contributed by atoms with Gasteiger partial charge in [-0.1, -0.05) is 18.2 Å². The smallest absolute Gasteiger partial charge is 0.251 e. The van der Waals surface area contributed by atoms with Crippen molar-refractivity contribution in [3.8, 4) is 0 Å². The van der Waals surface area contributed by atoms with Crippen molar-refractivity contribution in [1.82, 2.24) is 5.32 Å². The van der Waals surface area contributed by atoms with Crippen LogP contribution < -0.4 is 16.4 Å². The monoisotopic (exact) mass is 335 g/mol. The molecule has 2 amide bonds. The predicted molar refractivity (Wildman–Crippen MR) is 88.9 cm³/mol. The SMILES string of the molecule is CC(NC(C)c1ccccc1F)C(=O)Nc1sccc1C(N)=O. The maximum atomic E-state index is 13.7. The minimum atomic E-state index is -0.595. The summed E-state index contributed by atoms with van der Waals surface area (Å²) in [6, 6.07) is 7.05. The Morgan fingerprint density at radius 3 is 2.57 bits per heavy atom. The maximum Gasteiger partial charge on any atom is 0.251 e. The van der Waals surface area contributed by atoms with Gasteiger partial charge in [0.05, 0.1) is 11.6 Å². The summed E-state index contributed by atoms with van der Waals surface area (Å²) in [6.45, 7) is 3.45. The largest absolute Gasteiger partial charge is 0.366 e. The number of hydrogen-bond donors (Lipinski definition) is 3. The molecule has 0 spiro atoms. The minimum absolute atomic E-state index is 0.276. The predicted octanol–water partition coefficient (Wildman–Crippen LogP) is 2.66. The second-order valence-corrected chi connectivity index (χ2v) is 6.06. The van der Waals surface area contributed by atoms with Gasteiger partial charge in [-0.25, -0.2) is 4.39 Å². The highest BCUT2D eigenvalue weighted by atomic mass is 32.1. The minimum Gasteiger partial charge on any atom is -0.366 e. The first kappa shape index (κ1) is 17.1. The Bertz CT molecular complexity index is 717. The van der Waals surface area contributed by atoms with Crippen molar-refractivity contribution in [3.05, 3.63) is 52.7 Å². The van der Waals surface area contributed by atoms with Crippen molar-refractivity contribution in [2.45, 2.75) is 25.9 Å². The summed E-state index contributed by atoms with van der Waals surface area (Å²) >= 11 is 1.22. The highest BCUT2D eigenvalue weighted by Crippen LogP contribution is 2.23. The quantitative estimate of drug-likeness (QED) is 0.759. The van der Waals surface area contributed by atoms with E-state index in [0.29, 0.717) is 10.6 Å². The van der Waals surface area contributed by atoms with Crippen LogP contribution in [-0.4, -0.2) is 17.9 Å². The van der Waals surface area contributed by atoms with Crippen LogP contribution in [0.25, 0.3) is 0 Å². The van der Waals surface area contributed by atoms with Gasteiger partial charge in [-0.05, 0) is 31.4 Å².